The van der Waals surface area contributed by atoms with Gasteiger partial charge in [-0.2, -0.15) is 0 Å². The molecule has 4 unspecified atom stereocenters. The van der Waals surface area contributed by atoms with Crippen LogP contribution >= 0.6 is 22.9 Å². The molecule has 0 aliphatic carbocycles. The van der Waals surface area contributed by atoms with E-state index in [1.165, 1.54) is 25.4 Å². The van der Waals surface area contributed by atoms with E-state index < -0.39 is 36.7 Å². The molecule has 0 saturated carbocycles. The molecule has 2 aliphatic rings. The highest BCUT2D eigenvalue weighted by Crippen LogP contribution is 2.41. The summed E-state index contributed by atoms with van der Waals surface area (Å²) in [6.07, 6.45) is -1.49. The molecule has 2 saturated heterocycles. The number of carbonyl (C=O) groups excluding carboxylic acids is 1. The van der Waals surface area contributed by atoms with Gasteiger partial charge in [-0.15, -0.1) is 16.4 Å². The smallest absolute Gasteiger partial charge is 0.184 e. The average Bonchev–Trinajstić information content (AvgIpc) is 3.51. The van der Waals surface area contributed by atoms with Crippen LogP contribution in [0.25, 0.3) is 10.7 Å². The van der Waals surface area contributed by atoms with Gasteiger partial charge in [0.2, 0.25) is 0 Å². The molecule has 0 spiro atoms. The molecule has 0 N–H and O–H groups in total. The fraction of sp³-hybridized carbons (Fsp3) is 0.455. The van der Waals surface area contributed by atoms with Crippen molar-refractivity contribution in [2.45, 2.75) is 43.7 Å². The summed E-state index contributed by atoms with van der Waals surface area (Å²) in [7, 11) is 1.51. The number of carbonyl (C=O) groups is 1. The molecule has 12 heteroatoms. The molecule has 2 fully saturated rings. The maximum Gasteiger partial charge on any atom is 0.184 e. The van der Waals surface area contributed by atoms with Crippen molar-refractivity contribution in [1.82, 2.24) is 20.0 Å². The van der Waals surface area contributed by atoms with Crippen molar-refractivity contribution in [1.29, 1.82) is 0 Å². The Bertz CT molecular complexity index is 1130. The molecule has 10 nitrogen and oxygen atoms in total. The zero-order valence-electron chi connectivity index (χ0n) is 18.4. The van der Waals surface area contributed by atoms with Crippen LogP contribution in [0.5, 0.6) is 0 Å². The Morgan fingerprint density at radius 1 is 1.29 bits per heavy atom. The van der Waals surface area contributed by atoms with Gasteiger partial charge in [0.05, 0.1) is 12.8 Å². The van der Waals surface area contributed by atoms with Gasteiger partial charge in [-0.05, 0) is 6.92 Å². The van der Waals surface area contributed by atoms with Gasteiger partial charge in [-0.25, -0.2) is 9.67 Å². The van der Waals surface area contributed by atoms with Crippen LogP contribution in [0.2, 0.25) is 5.15 Å². The van der Waals surface area contributed by atoms with E-state index in [-0.39, 0.29) is 19.2 Å². The summed E-state index contributed by atoms with van der Waals surface area (Å²) in [5.41, 5.74) is 1.43. The number of Topliss-reactive ketones (excluding diaryl/α,β-unsaturated/α-hetero) is 1. The maximum atomic E-state index is 12.5. The number of hydrogen-bond donors (Lipinski definition) is 0. The third-order valence-corrected chi connectivity index (χ3v) is 6.90. The predicted molar refractivity (Wildman–Crippen MR) is 121 cm³/mol. The fourth-order valence-corrected chi connectivity index (χ4v) is 5.13. The number of methoxy groups -OCH3 is 1. The number of ether oxygens (including phenoxy) is 5. The second-order valence-corrected chi connectivity index (χ2v) is 9.22. The highest BCUT2D eigenvalue weighted by atomic mass is 35.5. The van der Waals surface area contributed by atoms with E-state index in [2.05, 4.69) is 15.3 Å². The molecule has 5 rings (SSSR count). The Labute approximate surface area is 204 Å². The van der Waals surface area contributed by atoms with Gasteiger partial charge in [-0.3, -0.25) is 4.79 Å². The monoisotopic (exact) mass is 506 g/mol. The van der Waals surface area contributed by atoms with Gasteiger partial charge in [0, 0.05) is 18.1 Å². The predicted octanol–water partition coefficient (Wildman–Crippen LogP) is 3.06. The molecule has 6 atom stereocenters. The number of benzene rings is 1. The van der Waals surface area contributed by atoms with Gasteiger partial charge in [0.25, 0.3) is 0 Å². The van der Waals surface area contributed by atoms with Crippen molar-refractivity contribution in [3.8, 4) is 10.7 Å². The summed E-state index contributed by atoms with van der Waals surface area (Å²) in [4.78, 5) is 16.8. The number of nitrogens with zero attached hydrogens (tertiary/aromatic N) is 4. The minimum absolute atomic E-state index is 0.0338. The Balaban J connectivity index is 1.52. The summed E-state index contributed by atoms with van der Waals surface area (Å²) in [6, 6.07) is 9.08. The first-order valence-corrected chi connectivity index (χ1v) is 11.9. The quantitative estimate of drug-likeness (QED) is 0.447. The number of aromatic nitrogens is 4. The van der Waals surface area contributed by atoms with Crippen molar-refractivity contribution < 1.29 is 28.5 Å². The van der Waals surface area contributed by atoms with Crippen molar-refractivity contribution in [3.63, 3.8) is 0 Å². The molecule has 34 heavy (non-hydrogen) atoms. The van der Waals surface area contributed by atoms with Crippen molar-refractivity contribution in [2.75, 3.05) is 20.5 Å². The van der Waals surface area contributed by atoms with Crippen LogP contribution in [-0.2, 0) is 28.5 Å². The molecule has 1 aromatic carbocycles. The van der Waals surface area contributed by atoms with Crippen LogP contribution in [0.1, 0.15) is 24.8 Å². The highest BCUT2D eigenvalue weighted by Gasteiger charge is 2.53. The summed E-state index contributed by atoms with van der Waals surface area (Å²) in [5.74, 6) is -0.179. The normalized spacial score (nSPS) is 29.0. The average molecular weight is 507 g/mol. The summed E-state index contributed by atoms with van der Waals surface area (Å²) >= 11 is 7.35. The molecular weight excluding hydrogens is 484 g/mol. The Hall–Kier alpha value is -2.25. The van der Waals surface area contributed by atoms with Gasteiger partial charge in [-0.1, -0.05) is 47.1 Å². The topological polar surface area (TPSA) is 107 Å². The number of hydrogen-bond acceptors (Lipinski definition) is 10. The van der Waals surface area contributed by atoms with Crippen molar-refractivity contribution in [3.05, 3.63) is 52.6 Å². The number of thiazole rings is 1. The second-order valence-electron chi connectivity index (χ2n) is 7.97. The number of fused-ring (bicyclic) bond motifs is 1. The van der Waals surface area contributed by atoms with Crippen LogP contribution in [0.4, 0.5) is 0 Å². The Kier molecular flexibility index (Phi) is 7.02. The van der Waals surface area contributed by atoms with Crippen LogP contribution in [-0.4, -0.2) is 70.7 Å². The van der Waals surface area contributed by atoms with E-state index in [1.807, 2.05) is 30.3 Å². The van der Waals surface area contributed by atoms with E-state index >= 15 is 0 Å². The van der Waals surface area contributed by atoms with Crippen LogP contribution in [0, 0.1) is 0 Å². The van der Waals surface area contributed by atoms with Gasteiger partial charge in [0.1, 0.15) is 53.1 Å². The highest BCUT2D eigenvalue weighted by molar-refractivity contribution is 7.13. The molecule has 2 aromatic heterocycles. The van der Waals surface area contributed by atoms with E-state index in [1.54, 1.807) is 16.3 Å². The van der Waals surface area contributed by atoms with E-state index in [0.717, 1.165) is 5.56 Å². The summed E-state index contributed by atoms with van der Waals surface area (Å²) in [6.45, 7) is 1.67. The maximum absolute atomic E-state index is 12.5. The molecule has 0 radical (unpaired) electrons. The molecular formula is C22H23ClN4O6S. The number of rotatable bonds is 7. The largest absolute Gasteiger partial charge is 0.359 e. The second kappa shape index (κ2) is 10.2. The minimum atomic E-state index is -0.858. The first kappa shape index (κ1) is 23.5. The molecule has 0 bridgehead atoms. The SMILES string of the molecule is COCOC1C(n2cc(-c3nc(Cl)cs3)nn2)[C@H]2OC(c3ccccc3)OCC2O[C@H]1C(C)=O. The lowest BCUT2D eigenvalue weighted by Crippen LogP contribution is -2.61. The third kappa shape index (κ3) is 4.65. The first-order valence-electron chi connectivity index (χ1n) is 10.7. The molecule has 2 aliphatic heterocycles. The van der Waals surface area contributed by atoms with Crippen LogP contribution < -0.4 is 0 Å². The lowest BCUT2D eigenvalue weighted by molar-refractivity contribution is -0.319. The fourth-order valence-electron chi connectivity index (χ4n) is 4.23. The molecule has 3 aromatic rings. The molecule has 0 amide bonds. The van der Waals surface area contributed by atoms with Crippen LogP contribution in [0.15, 0.2) is 41.9 Å². The van der Waals surface area contributed by atoms with Crippen LogP contribution in [0.3, 0.4) is 0 Å². The van der Waals surface area contributed by atoms with Gasteiger partial charge >= 0.3 is 0 Å². The molecule has 180 valence electrons. The van der Waals surface area contributed by atoms with Crippen molar-refractivity contribution >= 4 is 28.7 Å². The number of halogens is 1. The zero-order valence-corrected chi connectivity index (χ0v) is 20.0. The third-order valence-electron chi connectivity index (χ3n) is 5.71. The number of ketones is 1. The first-order chi connectivity index (χ1) is 16.5. The Morgan fingerprint density at radius 3 is 2.82 bits per heavy atom. The molecule has 4 heterocycles. The summed E-state index contributed by atoms with van der Waals surface area (Å²) < 4.78 is 31.2. The minimum Gasteiger partial charge on any atom is -0.359 e. The summed E-state index contributed by atoms with van der Waals surface area (Å²) in [5, 5.41) is 11.4. The van der Waals surface area contributed by atoms with Crippen molar-refractivity contribution in [2.24, 2.45) is 0 Å². The lowest BCUT2D eigenvalue weighted by Gasteiger charge is -2.48. The van der Waals surface area contributed by atoms with Gasteiger partial charge < -0.3 is 23.7 Å². The lowest BCUT2D eigenvalue weighted by atomic mass is 9.90. The van der Waals surface area contributed by atoms with E-state index in [0.29, 0.717) is 15.9 Å². The zero-order chi connectivity index (χ0) is 23.7. The van der Waals surface area contributed by atoms with Gasteiger partial charge in [0.15, 0.2) is 12.1 Å². The van der Waals surface area contributed by atoms with E-state index in [4.69, 9.17) is 35.3 Å². The Morgan fingerprint density at radius 2 is 2.12 bits per heavy atom. The van der Waals surface area contributed by atoms with E-state index in [9.17, 15) is 4.79 Å². The standard InChI is InChI=1S/C22H23ClN4O6S/c1-12(28)18-20(31-11-29-2)17(27-8-14(25-26-27)21-24-16(23)10-34-21)19-15(32-18)9-30-22(33-19)13-6-4-3-5-7-13/h3-8,10,15,17-20,22H,9,11H2,1-2H3/t15?,17?,18-,19-,20?,22?/m0/s1.